The lowest BCUT2D eigenvalue weighted by atomic mass is 10.1. The highest BCUT2D eigenvalue weighted by Gasteiger charge is 2.43. The predicted octanol–water partition coefficient (Wildman–Crippen LogP) is 3.30. The molecule has 2 N–H and O–H groups in total. The Morgan fingerprint density at radius 1 is 1.30 bits per heavy atom. The number of aromatic nitrogens is 3. The van der Waals surface area contributed by atoms with Gasteiger partial charge in [-0.05, 0) is 18.6 Å². The van der Waals surface area contributed by atoms with Gasteiger partial charge in [0.25, 0.3) is 0 Å². The van der Waals surface area contributed by atoms with E-state index in [4.69, 9.17) is 18.9 Å². The molecule has 10 heteroatoms. The van der Waals surface area contributed by atoms with Crippen LogP contribution in [0.1, 0.15) is 24.9 Å². The van der Waals surface area contributed by atoms with Crippen LogP contribution in [-0.2, 0) is 16.0 Å². The van der Waals surface area contributed by atoms with Crippen molar-refractivity contribution < 1.29 is 18.7 Å². The largest absolute Gasteiger partial charge is 0.496 e. The minimum absolute atomic E-state index is 0.0142. The van der Waals surface area contributed by atoms with Crippen LogP contribution in [0, 0.1) is 6.92 Å². The smallest absolute Gasteiger partial charge is 0.247 e. The Bertz CT molecular complexity index is 1210. The first-order chi connectivity index (χ1) is 16.0. The Labute approximate surface area is 191 Å². The summed E-state index contributed by atoms with van der Waals surface area (Å²) in [4.78, 5) is 28.3. The summed E-state index contributed by atoms with van der Waals surface area (Å²) in [6, 6.07) is 5.38. The van der Waals surface area contributed by atoms with Crippen molar-refractivity contribution in [3.63, 3.8) is 0 Å². The third kappa shape index (κ3) is 3.76. The van der Waals surface area contributed by atoms with Gasteiger partial charge in [0.2, 0.25) is 11.9 Å². The van der Waals surface area contributed by atoms with E-state index in [2.05, 4.69) is 20.6 Å². The van der Waals surface area contributed by atoms with E-state index in [0.29, 0.717) is 54.2 Å². The highest BCUT2D eigenvalue weighted by Crippen LogP contribution is 2.39. The van der Waals surface area contributed by atoms with Crippen molar-refractivity contribution in [3.8, 4) is 17.1 Å². The molecule has 5 rings (SSSR count). The molecule has 0 bridgehead atoms. The number of oxazole rings is 1. The monoisotopic (exact) mass is 450 g/mol. The van der Waals surface area contributed by atoms with Crippen LogP contribution < -0.4 is 20.3 Å². The zero-order chi connectivity index (χ0) is 23.1. The molecule has 0 aliphatic carbocycles. The van der Waals surface area contributed by atoms with Gasteiger partial charge in [-0.2, -0.15) is 4.98 Å². The van der Waals surface area contributed by atoms with Crippen LogP contribution in [-0.4, -0.2) is 53.8 Å². The third-order valence-electron chi connectivity index (χ3n) is 6.06. The maximum atomic E-state index is 12.7. The molecule has 1 amide bonds. The number of carbonyl (C=O) groups excluding carboxylic acids is 1. The number of rotatable bonds is 6. The number of methoxy groups -OCH3 is 2. The minimum Gasteiger partial charge on any atom is -0.496 e. The number of fused-ring (bicyclic) bond motifs is 3. The SMILES string of the molecule is CCc1nc(Nc2ccc(-c3cnc(C)o3)c(OC)c2)nc2c1NC(=O)C1CC(OC)CN21. The summed E-state index contributed by atoms with van der Waals surface area (Å²) >= 11 is 0. The summed E-state index contributed by atoms with van der Waals surface area (Å²) in [6.07, 6.45) is 2.95. The van der Waals surface area contributed by atoms with Crippen molar-refractivity contribution in [1.29, 1.82) is 0 Å². The minimum atomic E-state index is -0.292. The van der Waals surface area contributed by atoms with Crippen LogP contribution in [0.2, 0.25) is 0 Å². The fraction of sp³-hybridized carbons (Fsp3) is 0.391. The van der Waals surface area contributed by atoms with Crippen molar-refractivity contribution >= 4 is 29.0 Å². The molecule has 2 atom stereocenters. The average Bonchev–Trinajstić information content (AvgIpc) is 3.46. The number of carbonyl (C=O) groups is 1. The first-order valence-electron chi connectivity index (χ1n) is 10.9. The standard InChI is InChI=1S/C23H26N6O4/c1-5-16-20-21(29-11-14(31-3)9-17(29)22(30)27-20)28-23(26-16)25-13-6-7-15(18(8-13)32-4)19-10-24-12(2)33-19/h6-8,10,14,17H,5,9,11H2,1-4H3,(H,27,30)(H,25,26,28). The number of hydrogen-bond donors (Lipinski definition) is 2. The van der Waals surface area contributed by atoms with E-state index in [-0.39, 0.29) is 18.1 Å². The molecule has 10 nitrogen and oxygen atoms in total. The van der Waals surface area contributed by atoms with Gasteiger partial charge in [-0.3, -0.25) is 4.79 Å². The first-order valence-corrected chi connectivity index (χ1v) is 10.9. The van der Waals surface area contributed by atoms with Crippen molar-refractivity contribution in [3.05, 3.63) is 36.0 Å². The predicted molar refractivity (Wildman–Crippen MR) is 123 cm³/mol. The molecule has 33 heavy (non-hydrogen) atoms. The number of aryl methyl sites for hydroxylation is 2. The summed E-state index contributed by atoms with van der Waals surface area (Å²) in [7, 11) is 3.28. The molecule has 0 radical (unpaired) electrons. The topological polar surface area (TPSA) is 115 Å². The van der Waals surface area contributed by atoms with Crippen LogP contribution in [0.25, 0.3) is 11.3 Å². The van der Waals surface area contributed by atoms with Crippen LogP contribution in [0.4, 0.5) is 23.1 Å². The zero-order valence-electron chi connectivity index (χ0n) is 19.0. The highest BCUT2D eigenvalue weighted by molar-refractivity contribution is 6.04. The number of anilines is 4. The van der Waals surface area contributed by atoms with E-state index in [1.165, 1.54) is 0 Å². The quantitative estimate of drug-likeness (QED) is 0.584. The molecule has 0 saturated carbocycles. The van der Waals surface area contributed by atoms with Crippen molar-refractivity contribution in [1.82, 2.24) is 15.0 Å². The van der Waals surface area contributed by atoms with E-state index in [1.54, 1.807) is 27.3 Å². The van der Waals surface area contributed by atoms with Gasteiger partial charge < -0.3 is 29.4 Å². The lowest BCUT2D eigenvalue weighted by Gasteiger charge is -2.32. The number of nitrogens with zero attached hydrogens (tertiary/aromatic N) is 4. The molecule has 2 aliphatic rings. The van der Waals surface area contributed by atoms with E-state index in [1.807, 2.05) is 30.0 Å². The number of benzene rings is 1. The molecule has 2 unspecified atom stereocenters. The van der Waals surface area contributed by atoms with E-state index in [9.17, 15) is 4.79 Å². The molecule has 1 aromatic carbocycles. The molecule has 1 saturated heterocycles. The average molecular weight is 450 g/mol. The summed E-state index contributed by atoms with van der Waals surface area (Å²) in [5, 5.41) is 6.29. The van der Waals surface area contributed by atoms with Crippen LogP contribution in [0.5, 0.6) is 5.75 Å². The molecule has 2 aliphatic heterocycles. The lowest BCUT2D eigenvalue weighted by molar-refractivity contribution is -0.117. The summed E-state index contributed by atoms with van der Waals surface area (Å²) < 4.78 is 16.7. The van der Waals surface area contributed by atoms with Crippen molar-refractivity contribution in [2.75, 3.05) is 36.3 Å². The zero-order valence-corrected chi connectivity index (χ0v) is 19.0. The Hall–Kier alpha value is -3.66. The third-order valence-corrected chi connectivity index (χ3v) is 6.06. The summed E-state index contributed by atoms with van der Waals surface area (Å²) in [5.41, 5.74) is 3.02. The van der Waals surface area contributed by atoms with Crippen LogP contribution in [0.3, 0.4) is 0 Å². The van der Waals surface area contributed by atoms with Crippen LogP contribution in [0.15, 0.2) is 28.8 Å². The lowest BCUT2D eigenvalue weighted by Crippen LogP contribution is -2.45. The maximum Gasteiger partial charge on any atom is 0.247 e. The van der Waals surface area contributed by atoms with Gasteiger partial charge in [-0.15, -0.1) is 0 Å². The molecule has 1 fully saturated rings. The molecular formula is C23H26N6O4. The molecule has 2 aromatic heterocycles. The van der Waals surface area contributed by atoms with E-state index in [0.717, 1.165) is 16.9 Å². The number of ether oxygens (including phenoxy) is 2. The molecule has 0 spiro atoms. The van der Waals surface area contributed by atoms with Gasteiger partial charge in [0.1, 0.15) is 17.5 Å². The van der Waals surface area contributed by atoms with Gasteiger partial charge in [0.05, 0.1) is 30.7 Å². The maximum absolute atomic E-state index is 12.7. The molecule has 4 heterocycles. The van der Waals surface area contributed by atoms with E-state index >= 15 is 0 Å². The normalized spacial score (nSPS) is 19.2. The van der Waals surface area contributed by atoms with Gasteiger partial charge in [0, 0.05) is 38.8 Å². The Morgan fingerprint density at radius 3 is 2.85 bits per heavy atom. The fourth-order valence-corrected chi connectivity index (χ4v) is 4.39. The Balaban J connectivity index is 1.49. The molecule has 3 aromatic rings. The first kappa shape index (κ1) is 21.2. The summed E-state index contributed by atoms with van der Waals surface area (Å²) in [6.45, 7) is 4.41. The fourth-order valence-electron chi connectivity index (χ4n) is 4.39. The van der Waals surface area contributed by atoms with Gasteiger partial charge >= 0.3 is 0 Å². The summed E-state index contributed by atoms with van der Waals surface area (Å²) in [5.74, 6) is 2.99. The second-order valence-electron chi connectivity index (χ2n) is 8.08. The van der Waals surface area contributed by atoms with E-state index < -0.39 is 0 Å². The highest BCUT2D eigenvalue weighted by atomic mass is 16.5. The molecular weight excluding hydrogens is 424 g/mol. The Morgan fingerprint density at radius 2 is 2.15 bits per heavy atom. The molecule has 172 valence electrons. The van der Waals surface area contributed by atoms with Gasteiger partial charge in [-0.25, -0.2) is 9.97 Å². The Kier molecular flexibility index (Phi) is 5.37. The number of hydrogen-bond acceptors (Lipinski definition) is 9. The number of amides is 1. The number of nitrogens with one attached hydrogen (secondary N) is 2. The van der Waals surface area contributed by atoms with Gasteiger partial charge in [-0.1, -0.05) is 6.92 Å². The second kappa shape index (κ2) is 8.36. The second-order valence-corrected chi connectivity index (χ2v) is 8.08. The van der Waals surface area contributed by atoms with Crippen molar-refractivity contribution in [2.45, 2.75) is 38.8 Å². The van der Waals surface area contributed by atoms with Gasteiger partial charge in [0.15, 0.2) is 17.5 Å². The van der Waals surface area contributed by atoms with Crippen molar-refractivity contribution in [2.24, 2.45) is 0 Å². The van der Waals surface area contributed by atoms with Crippen LogP contribution >= 0.6 is 0 Å².